The van der Waals surface area contributed by atoms with Crippen molar-refractivity contribution in [3.8, 4) is 16.9 Å². The van der Waals surface area contributed by atoms with E-state index in [4.69, 9.17) is 21.1 Å². The molecule has 0 bridgehead atoms. The van der Waals surface area contributed by atoms with Crippen molar-refractivity contribution in [2.45, 2.75) is 18.3 Å². The fourth-order valence-corrected chi connectivity index (χ4v) is 5.36. The molecule has 2 aromatic carbocycles. The second-order valence-corrected chi connectivity index (χ2v) is 10.1. The van der Waals surface area contributed by atoms with Gasteiger partial charge < -0.3 is 14.8 Å². The molecule has 8 nitrogen and oxygen atoms in total. The van der Waals surface area contributed by atoms with Gasteiger partial charge in [-0.3, -0.25) is 9.36 Å². The van der Waals surface area contributed by atoms with Gasteiger partial charge in [0.2, 0.25) is 5.91 Å². The van der Waals surface area contributed by atoms with E-state index in [0.29, 0.717) is 39.4 Å². The van der Waals surface area contributed by atoms with Crippen LogP contribution in [0, 0.1) is 11.6 Å². The molecule has 39 heavy (non-hydrogen) atoms. The number of aromatic nitrogens is 3. The average molecular weight is 591 g/mol. The number of anilines is 1. The van der Waals surface area contributed by atoms with Gasteiger partial charge in [0, 0.05) is 23.6 Å². The van der Waals surface area contributed by atoms with Crippen molar-refractivity contribution < 1.29 is 27.8 Å². The van der Waals surface area contributed by atoms with Crippen LogP contribution in [0.3, 0.4) is 0 Å². The highest BCUT2D eigenvalue weighted by Crippen LogP contribution is 2.36. The monoisotopic (exact) mass is 590 g/mol. The lowest BCUT2D eigenvalue weighted by atomic mass is 10.0. The van der Waals surface area contributed by atoms with Crippen LogP contribution in [0.4, 0.5) is 13.8 Å². The zero-order valence-electron chi connectivity index (χ0n) is 20.4. The first kappa shape index (κ1) is 28.3. The molecule has 0 aliphatic rings. The number of nitrogens with zero attached hydrogens (tertiary/aromatic N) is 3. The maximum absolute atomic E-state index is 13.4. The molecule has 0 spiro atoms. The van der Waals surface area contributed by atoms with Gasteiger partial charge in [0.25, 0.3) is 0 Å². The number of nitrogens with one attached hydrogen (secondary N) is 1. The lowest BCUT2D eigenvalue weighted by molar-refractivity contribution is -0.113. The van der Waals surface area contributed by atoms with Crippen LogP contribution in [-0.2, 0) is 22.7 Å². The SMILES string of the molecule is C=CCn1c(COc2ccc(F)c(Cl)c2)nnc1SCC(=O)Nc1scc(-c2ccc(F)cc2)c1C(=O)OC. The molecule has 2 heterocycles. The number of carbonyl (C=O) groups excluding carboxylic acids is 2. The van der Waals surface area contributed by atoms with Crippen molar-refractivity contribution in [2.24, 2.45) is 0 Å². The van der Waals surface area contributed by atoms with Crippen LogP contribution >= 0.6 is 34.7 Å². The topological polar surface area (TPSA) is 95.3 Å². The van der Waals surface area contributed by atoms with E-state index in [1.54, 1.807) is 28.2 Å². The largest absolute Gasteiger partial charge is 0.486 e. The number of ether oxygens (including phenoxy) is 2. The summed E-state index contributed by atoms with van der Waals surface area (Å²) >= 11 is 8.10. The summed E-state index contributed by atoms with van der Waals surface area (Å²) in [5.74, 6) is -1.18. The second kappa shape index (κ2) is 12.9. The molecule has 13 heteroatoms. The average Bonchev–Trinajstić information content (AvgIpc) is 3.52. The first-order valence-electron chi connectivity index (χ1n) is 11.3. The van der Waals surface area contributed by atoms with Gasteiger partial charge in [0.1, 0.15) is 34.6 Å². The molecule has 202 valence electrons. The number of methoxy groups -OCH3 is 1. The third kappa shape index (κ3) is 6.83. The van der Waals surface area contributed by atoms with Gasteiger partial charge in [0.15, 0.2) is 11.0 Å². The third-order valence-corrected chi connectivity index (χ3v) is 7.44. The number of carbonyl (C=O) groups is 2. The number of esters is 1. The van der Waals surface area contributed by atoms with Gasteiger partial charge in [-0.15, -0.1) is 28.1 Å². The molecule has 0 radical (unpaired) electrons. The summed E-state index contributed by atoms with van der Waals surface area (Å²) in [6.45, 7) is 4.13. The number of thiophene rings is 1. The van der Waals surface area contributed by atoms with Crippen LogP contribution in [0.5, 0.6) is 5.75 Å². The maximum Gasteiger partial charge on any atom is 0.341 e. The summed E-state index contributed by atoms with van der Waals surface area (Å²) in [5.41, 5.74) is 1.31. The highest BCUT2D eigenvalue weighted by molar-refractivity contribution is 7.99. The summed E-state index contributed by atoms with van der Waals surface area (Å²) in [6.07, 6.45) is 1.65. The first-order valence-corrected chi connectivity index (χ1v) is 13.5. The summed E-state index contributed by atoms with van der Waals surface area (Å²) in [6, 6.07) is 9.68. The smallest absolute Gasteiger partial charge is 0.341 e. The molecule has 0 unspecified atom stereocenters. The molecule has 0 aliphatic heterocycles. The number of hydrogen-bond donors (Lipinski definition) is 1. The van der Waals surface area contributed by atoms with Crippen LogP contribution in [0.25, 0.3) is 11.1 Å². The minimum absolute atomic E-state index is 0.0272. The number of rotatable bonds is 11. The molecule has 2 aromatic heterocycles. The summed E-state index contributed by atoms with van der Waals surface area (Å²) in [5, 5.41) is 13.4. The second-order valence-electron chi connectivity index (χ2n) is 7.85. The first-order chi connectivity index (χ1) is 18.8. The molecular formula is C26H21ClF2N4O4S2. The van der Waals surface area contributed by atoms with Crippen LogP contribution in [0.15, 0.2) is 65.7 Å². The standard InChI is InChI=1S/C26H21ClF2N4O4S2/c1-3-10-33-21(12-37-17-8-9-20(29)19(27)11-17)31-32-26(33)39-14-22(34)30-24-23(25(35)36-2)18(13-38-24)15-4-6-16(28)7-5-15/h3-9,11,13H,1,10,12,14H2,2H3,(H,30,34). The van der Waals surface area contributed by atoms with Crippen molar-refractivity contribution in [3.63, 3.8) is 0 Å². The minimum atomic E-state index is -0.628. The lowest BCUT2D eigenvalue weighted by Crippen LogP contribution is -2.16. The number of amides is 1. The van der Waals surface area contributed by atoms with Crippen LogP contribution in [0.2, 0.25) is 5.02 Å². The minimum Gasteiger partial charge on any atom is -0.486 e. The van der Waals surface area contributed by atoms with Crippen molar-refractivity contribution in [3.05, 3.63) is 88.5 Å². The van der Waals surface area contributed by atoms with E-state index in [2.05, 4.69) is 22.1 Å². The Bertz CT molecular complexity index is 1510. The quantitative estimate of drug-likeness (QED) is 0.126. The normalized spacial score (nSPS) is 10.8. The Kier molecular flexibility index (Phi) is 9.33. The molecule has 0 fully saturated rings. The maximum atomic E-state index is 13.4. The van der Waals surface area contributed by atoms with E-state index >= 15 is 0 Å². The number of thioether (sulfide) groups is 1. The van der Waals surface area contributed by atoms with E-state index in [9.17, 15) is 18.4 Å². The summed E-state index contributed by atoms with van der Waals surface area (Å²) in [4.78, 5) is 25.3. The van der Waals surface area contributed by atoms with Gasteiger partial charge >= 0.3 is 5.97 Å². The predicted octanol–water partition coefficient (Wildman–Crippen LogP) is 6.22. The highest BCUT2D eigenvalue weighted by atomic mass is 35.5. The van der Waals surface area contributed by atoms with Crippen LogP contribution < -0.4 is 10.1 Å². The van der Waals surface area contributed by atoms with E-state index in [1.807, 2.05) is 0 Å². The number of benzene rings is 2. The molecule has 1 N–H and O–H groups in total. The van der Waals surface area contributed by atoms with Gasteiger partial charge in [-0.1, -0.05) is 41.6 Å². The van der Waals surface area contributed by atoms with Gasteiger partial charge in [-0.25, -0.2) is 13.6 Å². The Morgan fingerprint density at radius 3 is 2.67 bits per heavy atom. The third-order valence-electron chi connectivity index (χ3n) is 5.29. The molecule has 0 saturated heterocycles. The molecule has 0 saturated carbocycles. The molecule has 1 amide bonds. The fraction of sp³-hybridized carbons (Fsp3) is 0.154. The Hall–Kier alpha value is -3.74. The highest BCUT2D eigenvalue weighted by Gasteiger charge is 2.23. The number of hydrogen-bond acceptors (Lipinski definition) is 8. The summed E-state index contributed by atoms with van der Waals surface area (Å²) in [7, 11) is 1.24. The van der Waals surface area contributed by atoms with Crippen molar-refractivity contribution in [2.75, 3.05) is 18.2 Å². The molecule has 4 aromatic rings. The Morgan fingerprint density at radius 2 is 1.97 bits per heavy atom. The van der Waals surface area contributed by atoms with Gasteiger partial charge in [-0.2, -0.15) is 0 Å². The fourth-order valence-electron chi connectivity index (χ4n) is 3.45. The van der Waals surface area contributed by atoms with E-state index in [0.717, 1.165) is 23.1 Å². The van der Waals surface area contributed by atoms with Crippen LogP contribution in [0.1, 0.15) is 16.2 Å². The Labute approximate surface area is 235 Å². The van der Waals surface area contributed by atoms with E-state index in [-0.39, 0.29) is 28.9 Å². The molecule has 0 aliphatic carbocycles. The Balaban J connectivity index is 1.44. The van der Waals surface area contributed by atoms with Crippen LogP contribution in [-0.4, -0.2) is 39.5 Å². The van der Waals surface area contributed by atoms with E-state index < -0.39 is 17.6 Å². The zero-order chi connectivity index (χ0) is 27.9. The lowest BCUT2D eigenvalue weighted by Gasteiger charge is -2.10. The number of allylic oxidation sites excluding steroid dienone is 1. The Morgan fingerprint density at radius 1 is 1.21 bits per heavy atom. The van der Waals surface area contributed by atoms with Gasteiger partial charge in [-0.05, 0) is 29.8 Å². The molecule has 0 atom stereocenters. The number of halogens is 3. The van der Waals surface area contributed by atoms with E-state index in [1.165, 1.54) is 37.4 Å². The van der Waals surface area contributed by atoms with Crippen molar-refractivity contribution >= 4 is 51.6 Å². The molecular weight excluding hydrogens is 570 g/mol. The van der Waals surface area contributed by atoms with Crippen molar-refractivity contribution in [1.82, 2.24) is 14.8 Å². The van der Waals surface area contributed by atoms with Gasteiger partial charge in [0.05, 0.1) is 17.9 Å². The summed E-state index contributed by atoms with van der Waals surface area (Å²) < 4.78 is 39.1. The predicted molar refractivity (Wildman–Crippen MR) is 146 cm³/mol. The zero-order valence-corrected chi connectivity index (χ0v) is 22.8. The molecule has 4 rings (SSSR count). The van der Waals surface area contributed by atoms with Crippen molar-refractivity contribution in [1.29, 1.82) is 0 Å².